The lowest BCUT2D eigenvalue weighted by atomic mass is 10.1. The van der Waals surface area contributed by atoms with Gasteiger partial charge in [-0.25, -0.2) is 0 Å². The number of hydrogen-bond donors (Lipinski definition) is 2. The number of rotatable bonds is 6. The van der Waals surface area contributed by atoms with Gasteiger partial charge in [-0.15, -0.1) is 0 Å². The summed E-state index contributed by atoms with van der Waals surface area (Å²) < 4.78 is 10.1. The Balaban J connectivity index is 1.75. The van der Waals surface area contributed by atoms with Crippen molar-refractivity contribution in [2.75, 3.05) is 14.2 Å². The highest BCUT2D eigenvalue weighted by molar-refractivity contribution is 5.75. The van der Waals surface area contributed by atoms with Crippen LogP contribution in [0.1, 0.15) is 22.3 Å². The van der Waals surface area contributed by atoms with Gasteiger partial charge in [0.1, 0.15) is 0 Å². The van der Waals surface area contributed by atoms with Crippen molar-refractivity contribution in [2.45, 2.75) is 0 Å². The summed E-state index contributed by atoms with van der Waals surface area (Å²) in [6.07, 6.45) is 7.84. The van der Waals surface area contributed by atoms with Crippen molar-refractivity contribution in [3.05, 3.63) is 82.9 Å². The molecule has 4 nitrogen and oxygen atoms in total. The smallest absolute Gasteiger partial charge is 0.160 e. The third-order valence-electron chi connectivity index (χ3n) is 4.25. The maximum atomic E-state index is 9.87. The average Bonchev–Trinajstić information content (AvgIpc) is 2.71. The van der Waals surface area contributed by atoms with E-state index in [1.54, 1.807) is 24.3 Å². The molecule has 28 heavy (non-hydrogen) atoms. The zero-order valence-corrected chi connectivity index (χ0v) is 15.8. The van der Waals surface area contributed by atoms with Crippen LogP contribution in [0.2, 0.25) is 0 Å². The topological polar surface area (TPSA) is 58.9 Å². The molecule has 0 spiro atoms. The minimum Gasteiger partial charge on any atom is -0.504 e. The van der Waals surface area contributed by atoms with Crippen molar-refractivity contribution in [1.82, 2.24) is 0 Å². The highest BCUT2D eigenvalue weighted by Gasteiger charge is 2.01. The molecule has 0 aliphatic carbocycles. The predicted molar refractivity (Wildman–Crippen MR) is 114 cm³/mol. The Labute approximate surface area is 164 Å². The van der Waals surface area contributed by atoms with Gasteiger partial charge in [0, 0.05) is 0 Å². The fourth-order valence-corrected chi connectivity index (χ4v) is 2.77. The van der Waals surface area contributed by atoms with Crippen LogP contribution >= 0.6 is 0 Å². The molecule has 142 valence electrons. The lowest BCUT2D eigenvalue weighted by Gasteiger charge is -2.04. The van der Waals surface area contributed by atoms with Gasteiger partial charge in [-0.2, -0.15) is 0 Å². The molecule has 3 rings (SSSR count). The zero-order chi connectivity index (χ0) is 19.9. The molecule has 3 aromatic carbocycles. The van der Waals surface area contributed by atoms with Gasteiger partial charge in [-0.05, 0) is 52.6 Å². The Bertz CT molecular complexity index is 940. The van der Waals surface area contributed by atoms with Crippen molar-refractivity contribution >= 4 is 24.3 Å². The van der Waals surface area contributed by atoms with E-state index in [4.69, 9.17) is 9.47 Å². The largest absolute Gasteiger partial charge is 0.504 e. The lowest BCUT2D eigenvalue weighted by molar-refractivity contribution is 0.373. The summed E-state index contributed by atoms with van der Waals surface area (Å²) in [5, 5.41) is 19.7. The summed E-state index contributed by atoms with van der Waals surface area (Å²) in [5.74, 6) is 1.14. The molecule has 0 fully saturated rings. The van der Waals surface area contributed by atoms with Gasteiger partial charge in [0.2, 0.25) is 0 Å². The molecule has 0 heterocycles. The first kappa shape index (κ1) is 19.1. The highest BCUT2D eigenvalue weighted by Crippen LogP contribution is 2.28. The minimum absolute atomic E-state index is 0.115. The molecule has 0 aliphatic heterocycles. The molecular weight excluding hydrogens is 352 g/mol. The maximum Gasteiger partial charge on any atom is 0.160 e. The second kappa shape index (κ2) is 8.82. The summed E-state index contributed by atoms with van der Waals surface area (Å²) in [5.41, 5.74) is 3.84. The Morgan fingerprint density at radius 1 is 0.571 bits per heavy atom. The number of benzene rings is 3. The molecule has 0 atom stereocenters. The first-order chi connectivity index (χ1) is 13.6. The molecule has 0 amide bonds. The highest BCUT2D eigenvalue weighted by atomic mass is 16.5. The molecule has 2 N–H and O–H groups in total. The van der Waals surface area contributed by atoms with Crippen LogP contribution < -0.4 is 9.47 Å². The summed E-state index contributed by atoms with van der Waals surface area (Å²) in [6, 6.07) is 18.6. The number of methoxy groups -OCH3 is 2. The molecule has 0 saturated heterocycles. The Morgan fingerprint density at radius 3 is 1.32 bits per heavy atom. The first-order valence-electron chi connectivity index (χ1n) is 8.79. The van der Waals surface area contributed by atoms with Crippen LogP contribution in [0.15, 0.2) is 60.7 Å². The molecule has 0 saturated carbocycles. The summed E-state index contributed by atoms with van der Waals surface area (Å²) in [4.78, 5) is 0. The number of ether oxygens (including phenoxy) is 2. The Hall–Kier alpha value is -3.66. The molecule has 3 aromatic rings. The van der Waals surface area contributed by atoms with Crippen molar-refractivity contribution in [3.8, 4) is 23.0 Å². The predicted octanol–water partition coefficient (Wildman–Crippen LogP) is 5.46. The van der Waals surface area contributed by atoms with Gasteiger partial charge in [0.25, 0.3) is 0 Å². The standard InChI is InChI=1S/C24H22O4/c1-27-23-12-10-19(15-21(23)25)8-6-17-4-3-5-18(14-17)7-9-20-11-13-24(28-2)22(26)16-20/h3-16,25-26H,1-2H3. The van der Waals surface area contributed by atoms with E-state index in [0.29, 0.717) is 11.5 Å². The van der Waals surface area contributed by atoms with Crippen molar-refractivity contribution in [1.29, 1.82) is 0 Å². The molecule has 0 radical (unpaired) electrons. The van der Waals surface area contributed by atoms with Gasteiger partial charge >= 0.3 is 0 Å². The molecule has 0 unspecified atom stereocenters. The molecular formula is C24H22O4. The van der Waals surface area contributed by atoms with E-state index < -0.39 is 0 Å². The third kappa shape index (κ3) is 4.74. The van der Waals surface area contributed by atoms with E-state index in [-0.39, 0.29) is 11.5 Å². The van der Waals surface area contributed by atoms with Crippen molar-refractivity contribution in [2.24, 2.45) is 0 Å². The van der Waals surface area contributed by atoms with Gasteiger partial charge in [-0.1, -0.05) is 54.6 Å². The van der Waals surface area contributed by atoms with Crippen molar-refractivity contribution < 1.29 is 19.7 Å². The normalized spacial score (nSPS) is 11.2. The van der Waals surface area contributed by atoms with Crippen LogP contribution in [0.3, 0.4) is 0 Å². The van der Waals surface area contributed by atoms with Crippen LogP contribution in [0.25, 0.3) is 24.3 Å². The van der Waals surface area contributed by atoms with Crippen LogP contribution in [-0.2, 0) is 0 Å². The quantitative estimate of drug-likeness (QED) is 0.563. The number of hydrogen-bond acceptors (Lipinski definition) is 4. The summed E-state index contributed by atoms with van der Waals surface area (Å²) >= 11 is 0. The van der Waals surface area contributed by atoms with Gasteiger partial charge in [0.05, 0.1) is 14.2 Å². The van der Waals surface area contributed by atoms with E-state index in [1.807, 2.05) is 54.6 Å². The minimum atomic E-state index is 0.115. The molecule has 0 aliphatic rings. The van der Waals surface area contributed by atoms with Gasteiger partial charge < -0.3 is 19.7 Å². The first-order valence-corrected chi connectivity index (χ1v) is 8.79. The third-order valence-corrected chi connectivity index (χ3v) is 4.25. The second-order valence-corrected chi connectivity index (χ2v) is 6.20. The monoisotopic (exact) mass is 374 g/mol. The van der Waals surface area contributed by atoms with Crippen LogP contribution in [0.4, 0.5) is 0 Å². The fraction of sp³-hybridized carbons (Fsp3) is 0.0833. The molecule has 0 aromatic heterocycles. The van der Waals surface area contributed by atoms with Crippen LogP contribution in [0, 0.1) is 0 Å². The van der Waals surface area contributed by atoms with Gasteiger partial charge in [0.15, 0.2) is 23.0 Å². The van der Waals surface area contributed by atoms with E-state index >= 15 is 0 Å². The number of phenols is 2. The van der Waals surface area contributed by atoms with E-state index in [2.05, 4.69) is 6.07 Å². The molecule has 0 bridgehead atoms. The zero-order valence-electron chi connectivity index (χ0n) is 15.8. The maximum absolute atomic E-state index is 9.87. The summed E-state index contributed by atoms with van der Waals surface area (Å²) in [6.45, 7) is 0. The second-order valence-electron chi connectivity index (χ2n) is 6.20. The van der Waals surface area contributed by atoms with E-state index in [0.717, 1.165) is 22.3 Å². The SMILES string of the molecule is COc1ccc(C=Cc2cccc(C=Cc3ccc(OC)c(O)c3)c2)cc1O. The van der Waals surface area contributed by atoms with E-state index in [9.17, 15) is 10.2 Å². The van der Waals surface area contributed by atoms with Crippen molar-refractivity contribution in [3.63, 3.8) is 0 Å². The van der Waals surface area contributed by atoms with Gasteiger partial charge in [-0.3, -0.25) is 0 Å². The number of aromatic hydroxyl groups is 2. The lowest BCUT2D eigenvalue weighted by Crippen LogP contribution is -1.84. The average molecular weight is 374 g/mol. The van der Waals surface area contributed by atoms with Crippen LogP contribution in [-0.4, -0.2) is 24.4 Å². The molecule has 4 heteroatoms. The van der Waals surface area contributed by atoms with E-state index in [1.165, 1.54) is 14.2 Å². The van der Waals surface area contributed by atoms with Crippen LogP contribution in [0.5, 0.6) is 23.0 Å². The fourth-order valence-electron chi connectivity index (χ4n) is 2.77. The summed E-state index contributed by atoms with van der Waals surface area (Å²) in [7, 11) is 3.05. The Kier molecular flexibility index (Phi) is 6.02. The Morgan fingerprint density at radius 2 is 0.964 bits per heavy atom. The number of phenolic OH excluding ortho intramolecular Hbond substituents is 2.